The van der Waals surface area contributed by atoms with Crippen molar-refractivity contribution in [2.75, 3.05) is 6.61 Å². The maximum Gasteiger partial charge on any atom is 0.121 e. The Labute approximate surface area is 84.5 Å². The van der Waals surface area contributed by atoms with E-state index >= 15 is 0 Å². The second-order valence-electron chi connectivity index (χ2n) is 3.74. The first-order valence-electron chi connectivity index (χ1n) is 4.68. The van der Waals surface area contributed by atoms with Crippen LogP contribution in [0.3, 0.4) is 0 Å². The molecule has 1 atom stereocenters. The van der Waals surface area contributed by atoms with Crippen LogP contribution in [0.4, 0.5) is 0 Å². The largest absolute Gasteiger partial charge is 0.507 e. The molecule has 14 heavy (non-hydrogen) atoms. The summed E-state index contributed by atoms with van der Waals surface area (Å²) in [4.78, 5) is 4.61. The van der Waals surface area contributed by atoms with Crippen LogP contribution in [0.5, 0.6) is 5.75 Å². The van der Waals surface area contributed by atoms with E-state index in [9.17, 15) is 5.11 Å². The van der Waals surface area contributed by atoms with E-state index in [0.717, 1.165) is 16.7 Å². The van der Waals surface area contributed by atoms with Gasteiger partial charge in [0, 0.05) is 5.92 Å². The first-order valence-corrected chi connectivity index (χ1v) is 4.68. The number of phenols is 1. The van der Waals surface area contributed by atoms with Crippen LogP contribution in [0.1, 0.15) is 29.5 Å². The van der Waals surface area contributed by atoms with Gasteiger partial charge >= 0.3 is 0 Å². The summed E-state index contributed by atoms with van der Waals surface area (Å²) in [5, 5.41) is 9.59. The van der Waals surface area contributed by atoms with Gasteiger partial charge in [0.25, 0.3) is 0 Å². The molecule has 0 saturated heterocycles. The molecule has 0 heterocycles. The molecule has 1 rings (SSSR count). The average Bonchev–Trinajstić information content (AvgIpc) is 2.13. The van der Waals surface area contributed by atoms with Crippen LogP contribution in [0.2, 0.25) is 0 Å². The molecule has 78 valence electrons. The number of nitrogens with two attached hydrogens (primary N) is 1. The van der Waals surface area contributed by atoms with Gasteiger partial charge in [0.1, 0.15) is 5.75 Å². The van der Waals surface area contributed by atoms with Crippen LogP contribution in [0.25, 0.3) is 0 Å². The number of hydrogen-bond acceptors (Lipinski definition) is 3. The lowest BCUT2D eigenvalue weighted by molar-refractivity contribution is 0.126. The van der Waals surface area contributed by atoms with E-state index in [-0.39, 0.29) is 5.92 Å². The summed E-state index contributed by atoms with van der Waals surface area (Å²) in [6.07, 6.45) is 0. The first-order chi connectivity index (χ1) is 6.56. The third-order valence-corrected chi connectivity index (χ3v) is 2.43. The van der Waals surface area contributed by atoms with Crippen LogP contribution in [0.15, 0.2) is 12.1 Å². The molecule has 0 aliphatic carbocycles. The van der Waals surface area contributed by atoms with Crippen molar-refractivity contribution in [3.05, 3.63) is 28.8 Å². The minimum Gasteiger partial charge on any atom is -0.507 e. The van der Waals surface area contributed by atoms with Gasteiger partial charge in [-0.05, 0) is 30.5 Å². The van der Waals surface area contributed by atoms with Gasteiger partial charge in [-0.3, -0.25) is 0 Å². The Kier molecular flexibility index (Phi) is 3.49. The van der Waals surface area contributed by atoms with E-state index in [2.05, 4.69) is 4.84 Å². The van der Waals surface area contributed by atoms with Crippen LogP contribution in [-0.4, -0.2) is 11.7 Å². The highest BCUT2D eigenvalue weighted by Crippen LogP contribution is 2.26. The molecule has 1 aromatic carbocycles. The Bertz CT molecular complexity index is 300. The summed E-state index contributed by atoms with van der Waals surface area (Å²) in [6.45, 7) is 6.31. The van der Waals surface area contributed by atoms with Gasteiger partial charge in [0.15, 0.2) is 0 Å². The standard InChI is InChI=1S/C11H17NO2/c1-7-4-10(9(3)6-14-12)5-8(2)11(7)13/h4-5,9,13H,6,12H2,1-3H3. The number of aryl methyl sites for hydroxylation is 2. The summed E-state index contributed by atoms with van der Waals surface area (Å²) < 4.78 is 0. The van der Waals surface area contributed by atoms with Crippen molar-refractivity contribution in [1.82, 2.24) is 0 Å². The van der Waals surface area contributed by atoms with Gasteiger partial charge < -0.3 is 9.94 Å². The molecule has 0 radical (unpaired) electrons. The highest BCUT2D eigenvalue weighted by Gasteiger charge is 2.09. The average molecular weight is 195 g/mol. The monoisotopic (exact) mass is 195 g/mol. The zero-order chi connectivity index (χ0) is 10.7. The highest BCUT2D eigenvalue weighted by atomic mass is 16.6. The molecule has 0 saturated carbocycles. The van der Waals surface area contributed by atoms with Crippen LogP contribution in [-0.2, 0) is 4.84 Å². The van der Waals surface area contributed by atoms with Gasteiger partial charge in [-0.2, -0.15) is 0 Å². The zero-order valence-corrected chi connectivity index (χ0v) is 8.87. The maximum atomic E-state index is 9.59. The van der Waals surface area contributed by atoms with E-state index in [0.29, 0.717) is 12.4 Å². The zero-order valence-electron chi connectivity index (χ0n) is 8.87. The van der Waals surface area contributed by atoms with Crippen molar-refractivity contribution >= 4 is 0 Å². The predicted octanol–water partition coefficient (Wildman–Crippen LogP) is 2.00. The Balaban J connectivity index is 3.00. The van der Waals surface area contributed by atoms with E-state index in [1.54, 1.807) is 0 Å². The first kappa shape index (κ1) is 11.0. The topological polar surface area (TPSA) is 55.5 Å². The quantitative estimate of drug-likeness (QED) is 0.725. The lowest BCUT2D eigenvalue weighted by Crippen LogP contribution is -2.08. The Morgan fingerprint density at radius 2 is 1.86 bits per heavy atom. The number of benzene rings is 1. The molecule has 0 aliphatic rings. The van der Waals surface area contributed by atoms with Gasteiger partial charge in [0.05, 0.1) is 6.61 Å². The number of aromatic hydroxyl groups is 1. The fraction of sp³-hybridized carbons (Fsp3) is 0.455. The molecule has 0 amide bonds. The fourth-order valence-corrected chi connectivity index (χ4v) is 1.51. The lowest BCUT2D eigenvalue weighted by Gasteiger charge is -2.13. The highest BCUT2D eigenvalue weighted by molar-refractivity contribution is 5.43. The van der Waals surface area contributed by atoms with Crippen molar-refractivity contribution in [2.24, 2.45) is 5.90 Å². The van der Waals surface area contributed by atoms with Crippen LogP contribution >= 0.6 is 0 Å². The molecule has 0 aromatic heterocycles. The number of rotatable bonds is 3. The summed E-state index contributed by atoms with van der Waals surface area (Å²) in [7, 11) is 0. The van der Waals surface area contributed by atoms with Crippen molar-refractivity contribution in [3.8, 4) is 5.75 Å². The van der Waals surface area contributed by atoms with Crippen molar-refractivity contribution in [2.45, 2.75) is 26.7 Å². The minimum atomic E-state index is 0.248. The van der Waals surface area contributed by atoms with Crippen molar-refractivity contribution in [3.63, 3.8) is 0 Å². The summed E-state index contributed by atoms with van der Waals surface area (Å²) >= 11 is 0. The Hall–Kier alpha value is -1.06. The minimum absolute atomic E-state index is 0.248. The molecular weight excluding hydrogens is 178 g/mol. The van der Waals surface area contributed by atoms with E-state index in [1.165, 1.54) is 0 Å². The van der Waals surface area contributed by atoms with Gasteiger partial charge in [-0.1, -0.05) is 19.1 Å². The summed E-state index contributed by atoms with van der Waals surface area (Å²) in [5.74, 6) is 5.64. The number of hydrogen-bond donors (Lipinski definition) is 2. The molecular formula is C11H17NO2. The third-order valence-electron chi connectivity index (χ3n) is 2.43. The third kappa shape index (κ3) is 2.25. The van der Waals surface area contributed by atoms with Gasteiger partial charge in [-0.25, -0.2) is 5.90 Å². The van der Waals surface area contributed by atoms with Gasteiger partial charge in [-0.15, -0.1) is 0 Å². The molecule has 3 nitrogen and oxygen atoms in total. The van der Waals surface area contributed by atoms with E-state index in [1.807, 2.05) is 32.9 Å². The van der Waals surface area contributed by atoms with E-state index in [4.69, 9.17) is 5.90 Å². The molecule has 1 unspecified atom stereocenters. The van der Waals surface area contributed by atoms with Crippen molar-refractivity contribution < 1.29 is 9.94 Å². The maximum absolute atomic E-state index is 9.59. The number of phenolic OH excluding ortho intramolecular Hbond substituents is 1. The normalized spacial score (nSPS) is 12.9. The molecule has 0 fully saturated rings. The predicted molar refractivity (Wildman–Crippen MR) is 56.1 cm³/mol. The Morgan fingerprint density at radius 1 is 1.36 bits per heavy atom. The molecule has 0 aliphatic heterocycles. The molecule has 3 heteroatoms. The van der Waals surface area contributed by atoms with E-state index < -0.39 is 0 Å². The lowest BCUT2D eigenvalue weighted by atomic mass is 9.97. The molecule has 0 bridgehead atoms. The summed E-state index contributed by atoms with van der Waals surface area (Å²) in [6, 6.07) is 3.93. The fourth-order valence-electron chi connectivity index (χ4n) is 1.51. The van der Waals surface area contributed by atoms with Crippen LogP contribution < -0.4 is 5.90 Å². The van der Waals surface area contributed by atoms with Gasteiger partial charge in [0.2, 0.25) is 0 Å². The molecule has 3 N–H and O–H groups in total. The molecule has 0 spiro atoms. The van der Waals surface area contributed by atoms with Crippen LogP contribution in [0, 0.1) is 13.8 Å². The smallest absolute Gasteiger partial charge is 0.121 e. The second kappa shape index (κ2) is 4.44. The SMILES string of the molecule is Cc1cc(C(C)CON)cc(C)c1O. The van der Waals surface area contributed by atoms with Crippen molar-refractivity contribution in [1.29, 1.82) is 0 Å². The molecule has 1 aromatic rings. The second-order valence-corrected chi connectivity index (χ2v) is 3.74. The summed E-state index contributed by atoms with van der Waals surface area (Å²) in [5.41, 5.74) is 2.93. The Morgan fingerprint density at radius 3 is 2.29 bits per heavy atom.